The maximum atomic E-state index is 12.7. The van der Waals surface area contributed by atoms with Gasteiger partial charge in [-0.05, 0) is 33.6 Å². The van der Waals surface area contributed by atoms with Crippen LogP contribution >= 0.6 is 0 Å². The molecule has 0 saturated carbocycles. The predicted molar refractivity (Wildman–Crippen MR) is 85.8 cm³/mol. The topological polar surface area (TPSA) is 91.9 Å². The van der Waals surface area contributed by atoms with Gasteiger partial charge in [-0.2, -0.15) is 5.10 Å². The van der Waals surface area contributed by atoms with Crippen molar-refractivity contribution in [2.75, 3.05) is 7.11 Å². The van der Waals surface area contributed by atoms with Gasteiger partial charge >= 0.3 is 11.7 Å². The van der Waals surface area contributed by atoms with Crippen molar-refractivity contribution in [3.8, 4) is 0 Å². The lowest BCUT2D eigenvalue weighted by Gasteiger charge is -2.20. The number of fused-ring (bicyclic) bond motifs is 1. The lowest BCUT2D eigenvalue weighted by molar-refractivity contribution is -0.145. The number of carbonyl (C=O) groups is 1. The number of hydrogen-bond donors (Lipinski definition) is 0. The standard InChI is InChI=1S/C16H21N5O3/c1-9-10(2)18-12(11(3)17-9)8-20-16(23)21-13(15(22)24-4)6-5-7-14(21)19-20/h13H,5-8H2,1-4H3. The third-order valence-electron chi connectivity index (χ3n) is 4.48. The number of aryl methyl sites for hydroxylation is 4. The zero-order chi connectivity index (χ0) is 17.4. The Balaban J connectivity index is 2.00. The highest BCUT2D eigenvalue weighted by molar-refractivity contribution is 5.74. The van der Waals surface area contributed by atoms with Gasteiger partial charge in [0.2, 0.25) is 0 Å². The summed E-state index contributed by atoms with van der Waals surface area (Å²) in [5, 5.41) is 4.40. The minimum absolute atomic E-state index is 0.243. The molecule has 1 atom stereocenters. The van der Waals surface area contributed by atoms with Crippen LogP contribution in [-0.2, 0) is 22.5 Å². The third-order valence-corrected chi connectivity index (χ3v) is 4.48. The molecule has 2 aromatic rings. The quantitative estimate of drug-likeness (QED) is 0.775. The van der Waals surface area contributed by atoms with Crippen LogP contribution in [0.4, 0.5) is 0 Å². The van der Waals surface area contributed by atoms with Crippen molar-refractivity contribution in [3.63, 3.8) is 0 Å². The average molecular weight is 331 g/mol. The second-order valence-corrected chi connectivity index (χ2v) is 6.08. The summed E-state index contributed by atoms with van der Waals surface area (Å²) < 4.78 is 7.64. The van der Waals surface area contributed by atoms with E-state index in [1.807, 2.05) is 20.8 Å². The fraction of sp³-hybridized carbons (Fsp3) is 0.562. The van der Waals surface area contributed by atoms with Crippen LogP contribution in [0.5, 0.6) is 0 Å². The number of methoxy groups -OCH3 is 1. The number of rotatable bonds is 3. The molecular weight excluding hydrogens is 310 g/mol. The molecule has 0 fully saturated rings. The Morgan fingerprint density at radius 3 is 2.62 bits per heavy atom. The van der Waals surface area contributed by atoms with E-state index in [-0.39, 0.29) is 12.2 Å². The van der Waals surface area contributed by atoms with Crippen LogP contribution < -0.4 is 5.69 Å². The first-order valence-electron chi connectivity index (χ1n) is 7.99. The van der Waals surface area contributed by atoms with Crippen LogP contribution in [0.1, 0.15) is 47.5 Å². The van der Waals surface area contributed by atoms with Crippen LogP contribution in [0.2, 0.25) is 0 Å². The van der Waals surface area contributed by atoms with Crippen LogP contribution in [0, 0.1) is 20.8 Å². The summed E-state index contributed by atoms with van der Waals surface area (Å²) in [5.74, 6) is 0.218. The first kappa shape index (κ1) is 16.4. The smallest absolute Gasteiger partial charge is 0.347 e. The van der Waals surface area contributed by atoms with Crippen molar-refractivity contribution >= 4 is 5.97 Å². The fourth-order valence-corrected chi connectivity index (χ4v) is 3.05. The zero-order valence-corrected chi connectivity index (χ0v) is 14.4. The van der Waals surface area contributed by atoms with Gasteiger partial charge in [-0.3, -0.25) is 14.5 Å². The summed E-state index contributed by atoms with van der Waals surface area (Å²) in [5.41, 5.74) is 2.89. The Bertz CT molecular complexity index is 852. The monoisotopic (exact) mass is 331 g/mol. The van der Waals surface area contributed by atoms with Crippen molar-refractivity contribution in [3.05, 3.63) is 39.1 Å². The van der Waals surface area contributed by atoms with E-state index in [1.54, 1.807) is 0 Å². The van der Waals surface area contributed by atoms with Gasteiger partial charge < -0.3 is 4.74 Å². The molecule has 0 aromatic carbocycles. The van der Waals surface area contributed by atoms with Gasteiger partial charge in [0.15, 0.2) is 0 Å². The molecular formula is C16H21N5O3. The van der Waals surface area contributed by atoms with E-state index in [9.17, 15) is 9.59 Å². The Morgan fingerprint density at radius 1 is 1.21 bits per heavy atom. The molecule has 8 heteroatoms. The zero-order valence-electron chi connectivity index (χ0n) is 14.4. The minimum atomic E-state index is -0.591. The number of carbonyl (C=O) groups excluding carboxylic acids is 1. The van der Waals surface area contributed by atoms with Crippen LogP contribution in [0.25, 0.3) is 0 Å². The Labute approximate surface area is 139 Å². The number of aromatic nitrogens is 5. The Kier molecular flexibility index (Phi) is 4.21. The average Bonchev–Trinajstić information content (AvgIpc) is 2.88. The van der Waals surface area contributed by atoms with Crippen molar-refractivity contribution < 1.29 is 9.53 Å². The molecule has 1 unspecified atom stereocenters. The lowest BCUT2D eigenvalue weighted by atomic mass is 10.1. The van der Waals surface area contributed by atoms with Crippen molar-refractivity contribution in [1.29, 1.82) is 0 Å². The molecule has 2 aromatic heterocycles. The van der Waals surface area contributed by atoms with Gasteiger partial charge in [-0.1, -0.05) is 0 Å². The number of hydrogen-bond acceptors (Lipinski definition) is 6. The molecule has 1 aliphatic rings. The highest BCUT2D eigenvalue weighted by atomic mass is 16.5. The summed E-state index contributed by atoms with van der Waals surface area (Å²) >= 11 is 0. The van der Waals surface area contributed by atoms with E-state index >= 15 is 0 Å². The second kappa shape index (κ2) is 6.18. The van der Waals surface area contributed by atoms with Gasteiger partial charge in [0.1, 0.15) is 11.9 Å². The summed E-state index contributed by atoms with van der Waals surface area (Å²) in [4.78, 5) is 33.6. The summed E-state index contributed by atoms with van der Waals surface area (Å²) in [7, 11) is 1.33. The molecule has 0 amide bonds. The Morgan fingerprint density at radius 2 is 1.92 bits per heavy atom. The maximum absolute atomic E-state index is 12.7. The maximum Gasteiger partial charge on any atom is 0.347 e. The summed E-state index contributed by atoms with van der Waals surface area (Å²) in [6.45, 7) is 5.90. The largest absolute Gasteiger partial charge is 0.467 e. The van der Waals surface area contributed by atoms with Crippen LogP contribution in [-0.4, -0.2) is 37.4 Å². The molecule has 128 valence electrons. The molecule has 0 N–H and O–H groups in total. The van der Waals surface area contributed by atoms with Crippen molar-refractivity contribution in [2.45, 2.75) is 52.6 Å². The molecule has 3 heterocycles. The minimum Gasteiger partial charge on any atom is -0.467 e. The van der Waals surface area contributed by atoms with E-state index in [4.69, 9.17) is 4.74 Å². The van der Waals surface area contributed by atoms with Gasteiger partial charge in [0.05, 0.1) is 36.4 Å². The van der Waals surface area contributed by atoms with E-state index in [2.05, 4.69) is 15.1 Å². The van der Waals surface area contributed by atoms with E-state index in [1.165, 1.54) is 16.4 Å². The highest BCUT2D eigenvalue weighted by Crippen LogP contribution is 2.23. The highest BCUT2D eigenvalue weighted by Gasteiger charge is 2.31. The Hall–Kier alpha value is -2.51. The molecule has 0 radical (unpaired) electrons. The van der Waals surface area contributed by atoms with Crippen LogP contribution in [0.15, 0.2) is 4.79 Å². The number of ether oxygens (including phenoxy) is 1. The number of esters is 1. The summed E-state index contributed by atoms with van der Waals surface area (Å²) in [6, 6.07) is -0.591. The van der Waals surface area contributed by atoms with E-state index in [0.29, 0.717) is 24.4 Å². The summed E-state index contributed by atoms with van der Waals surface area (Å²) in [6.07, 6.45) is 2.07. The molecule has 0 spiro atoms. The normalized spacial score (nSPS) is 16.8. The van der Waals surface area contributed by atoms with E-state index < -0.39 is 12.0 Å². The van der Waals surface area contributed by atoms with Gasteiger partial charge in [-0.15, -0.1) is 0 Å². The van der Waals surface area contributed by atoms with Crippen LogP contribution in [0.3, 0.4) is 0 Å². The second-order valence-electron chi connectivity index (χ2n) is 6.08. The molecule has 0 aliphatic carbocycles. The van der Waals surface area contributed by atoms with Gasteiger partial charge in [0, 0.05) is 6.42 Å². The van der Waals surface area contributed by atoms with E-state index in [0.717, 1.165) is 23.5 Å². The van der Waals surface area contributed by atoms with Crippen molar-refractivity contribution in [1.82, 2.24) is 24.3 Å². The lowest BCUT2D eigenvalue weighted by Crippen LogP contribution is -2.35. The van der Waals surface area contributed by atoms with Crippen molar-refractivity contribution in [2.24, 2.45) is 0 Å². The fourth-order valence-electron chi connectivity index (χ4n) is 3.05. The molecule has 24 heavy (non-hydrogen) atoms. The molecule has 0 bridgehead atoms. The molecule has 3 rings (SSSR count). The molecule has 0 saturated heterocycles. The SMILES string of the molecule is COC(=O)C1CCCc2nn(Cc3nc(C)c(C)nc3C)c(=O)n21. The first-order chi connectivity index (χ1) is 11.4. The van der Waals surface area contributed by atoms with Gasteiger partial charge in [-0.25, -0.2) is 14.3 Å². The number of nitrogens with zero attached hydrogens (tertiary/aromatic N) is 5. The third kappa shape index (κ3) is 2.72. The molecule has 8 nitrogen and oxygen atoms in total. The van der Waals surface area contributed by atoms with Gasteiger partial charge in [0.25, 0.3) is 0 Å². The molecule has 1 aliphatic heterocycles. The first-order valence-corrected chi connectivity index (χ1v) is 7.99. The predicted octanol–water partition coefficient (Wildman–Crippen LogP) is 0.859.